The molecule has 1 aliphatic rings. The van der Waals surface area contributed by atoms with Crippen molar-refractivity contribution in [3.63, 3.8) is 0 Å². The van der Waals surface area contributed by atoms with Crippen molar-refractivity contribution in [2.45, 2.75) is 64.8 Å². The second-order valence-corrected chi connectivity index (χ2v) is 9.92. The number of rotatable bonds is 9. The van der Waals surface area contributed by atoms with Gasteiger partial charge in [-0.15, -0.1) is 11.3 Å². The molecule has 0 bridgehead atoms. The minimum Gasteiger partial charge on any atom is -0.376 e. The van der Waals surface area contributed by atoms with E-state index >= 15 is 0 Å². The molecule has 1 atom stereocenters. The summed E-state index contributed by atoms with van der Waals surface area (Å²) < 4.78 is 7.52. The number of thioether (sulfide) groups is 1. The highest BCUT2D eigenvalue weighted by Gasteiger charge is 2.23. The summed E-state index contributed by atoms with van der Waals surface area (Å²) in [5.74, 6) is 0.274. The lowest BCUT2D eigenvalue weighted by molar-refractivity contribution is -0.127. The zero-order chi connectivity index (χ0) is 21.8. The van der Waals surface area contributed by atoms with E-state index in [1.54, 1.807) is 20.8 Å². The van der Waals surface area contributed by atoms with Gasteiger partial charge in [0.1, 0.15) is 4.83 Å². The van der Waals surface area contributed by atoms with Crippen LogP contribution in [0.3, 0.4) is 0 Å². The van der Waals surface area contributed by atoms with Crippen LogP contribution in [0.1, 0.15) is 44.1 Å². The molecule has 0 radical (unpaired) electrons. The summed E-state index contributed by atoms with van der Waals surface area (Å²) in [6, 6.07) is 0. The number of aryl methyl sites for hydroxylation is 2. The third kappa shape index (κ3) is 4.98. The van der Waals surface area contributed by atoms with E-state index in [4.69, 9.17) is 9.72 Å². The maximum atomic E-state index is 13.5. The molecule has 3 heterocycles. The van der Waals surface area contributed by atoms with E-state index in [0.29, 0.717) is 24.8 Å². The van der Waals surface area contributed by atoms with Gasteiger partial charge in [-0.3, -0.25) is 14.2 Å². The maximum Gasteiger partial charge on any atom is 0.263 e. The molecular formula is C22H31N3O3S2. The predicted octanol–water partition coefficient (Wildman–Crippen LogP) is 4.02. The Balaban J connectivity index is 1.94. The first-order valence-electron chi connectivity index (χ1n) is 10.5. The summed E-state index contributed by atoms with van der Waals surface area (Å²) in [5.41, 5.74) is 2.02. The first-order valence-corrected chi connectivity index (χ1v) is 12.3. The molecule has 2 aromatic heterocycles. The second kappa shape index (κ2) is 10.1. The van der Waals surface area contributed by atoms with Crippen molar-refractivity contribution in [2.75, 3.05) is 25.4 Å². The van der Waals surface area contributed by atoms with Crippen molar-refractivity contribution >= 4 is 39.2 Å². The summed E-state index contributed by atoms with van der Waals surface area (Å²) in [6.07, 6.45) is 2.79. The number of likely N-dealkylation sites (N-methyl/N-ethyl adjacent to an activating group) is 1. The molecule has 1 aliphatic heterocycles. The number of carbonyl (C=O) groups is 1. The SMILES string of the molecule is C=C(C)CN(CC)C(=O)CSc1nc2sc(C)c(CC)c2c(=O)n1CC1CCCO1. The number of amides is 1. The third-order valence-corrected chi connectivity index (χ3v) is 7.36. The van der Waals surface area contributed by atoms with E-state index in [9.17, 15) is 9.59 Å². The van der Waals surface area contributed by atoms with Crippen LogP contribution in [0.2, 0.25) is 0 Å². The van der Waals surface area contributed by atoms with Gasteiger partial charge >= 0.3 is 0 Å². The molecule has 6 nitrogen and oxygen atoms in total. The predicted molar refractivity (Wildman–Crippen MR) is 125 cm³/mol. The summed E-state index contributed by atoms with van der Waals surface area (Å²) >= 11 is 2.90. The molecule has 0 aromatic carbocycles. The summed E-state index contributed by atoms with van der Waals surface area (Å²) in [6.45, 7) is 14.3. The number of nitrogens with zero attached hydrogens (tertiary/aromatic N) is 3. The van der Waals surface area contributed by atoms with Crippen molar-refractivity contribution in [2.24, 2.45) is 0 Å². The highest BCUT2D eigenvalue weighted by Crippen LogP contribution is 2.30. The zero-order valence-electron chi connectivity index (χ0n) is 18.3. The van der Waals surface area contributed by atoms with E-state index in [2.05, 4.69) is 13.5 Å². The molecule has 0 spiro atoms. The first kappa shape index (κ1) is 23.0. The van der Waals surface area contributed by atoms with Gasteiger partial charge in [-0.2, -0.15) is 0 Å². The van der Waals surface area contributed by atoms with Crippen LogP contribution in [-0.4, -0.2) is 51.9 Å². The molecule has 8 heteroatoms. The number of thiophene rings is 1. The lowest BCUT2D eigenvalue weighted by Crippen LogP contribution is -2.34. The summed E-state index contributed by atoms with van der Waals surface area (Å²) in [7, 11) is 0. The average Bonchev–Trinajstić information content (AvgIpc) is 3.33. The molecule has 0 aliphatic carbocycles. The molecule has 1 fully saturated rings. The molecule has 164 valence electrons. The average molecular weight is 450 g/mol. The number of ether oxygens (including phenoxy) is 1. The summed E-state index contributed by atoms with van der Waals surface area (Å²) in [4.78, 5) is 34.7. The molecule has 30 heavy (non-hydrogen) atoms. The van der Waals surface area contributed by atoms with Gasteiger partial charge in [0.15, 0.2) is 5.16 Å². The van der Waals surface area contributed by atoms with Crippen molar-refractivity contribution in [1.82, 2.24) is 14.5 Å². The van der Waals surface area contributed by atoms with E-state index in [-0.39, 0.29) is 23.3 Å². The largest absolute Gasteiger partial charge is 0.376 e. The minimum atomic E-state index is -0.0130. The van der Waals surface area contributed by atoms with Gasteiger partial charge in [0, 0.05) is 24.6 Å². The van der Waals surface area contributed by atoms with Gasteiger partial charge in [0.2, 0.25) is 5.91 Å². The third-order valence-electron chi connectivity index (χ3n) is 5.36. The fourth-order valence-electron chi connectivity index (χ4n) is 3.84. The topological polar surface area (TPSA) is 64.4 Å². The smallest absolute Gasteiger partial charge is 0.263 e. The Morgan fingerprint density at radius 2 is 2.20 bits per heavy atom. The Hall–Kier alpha value is -1.64. The molecule has 0 N–H and O–H groups in total. The molecule has 3 rings (SSSR count). The Morgan fingerprint density at radius 3 is 2.80 bits per heavy atom. The number of hydrogen-bond donors (Lipinski definition) is 0. The molecule has 1 unspecified atom stereocenters. The van der Waals surface area contributed by atoms with Gasteiger partial charge in [0.05, 0.1) is 23.8 Å². The van der Waals surface area contributed by atoms with Gasteiger partial charge in [-0.25, -0.2) is 4.98 Å². The van der Waals surface area contributed by atoms with Gasteiger partial charge < -0.3 is 9.64 Å². The molecule has 2 aromatic rings. The Bertz CT molecular complexity index is 990. The van der Waals surface area contributed by atoms with E-state index in [1.807, 2.05) is 20.8 Å². The maximum absolute atomic E-state index is 13.5. The molecule has 1 amide bonds. The van der Waals surface area contributed by atoms with Crippen LogP contribution in [0.4, 0.5) is 0 Å². The monoisotopic (exact) mass is 449 g/mol. The van der Waals surface area contributed by atoms with Crippen molar-refractivity contribution in [1.29, 1.82) is 0 Å². The number of fused-ring (bicyclic) bond motifs is 1. The van der Waals surface area contributed by atoms with Crippen molar-refractivity contribution in [3.8, 4) is 0 Å². The van der Waals surface area contributed by atoms with Crippen LogP contribution in [0.15, 0.2) is 22.1 Å². The number of aromatic nitrogens is 2. The molecule has 1 saturated heterocycles. The molecular weight excluding hydrogens is 418 g/mol. The highest BCUT2D eigenvalue weighted by atomic mass is 32.2. The fraction of sp³-hybridized carbons (Fsp3) is 0.591. The first-order chi connectivity index (χ1) is 14.3. The van der Waals surface area contributed by atoms with Crippen LogP contribution in [-0.2, 0) is 22.5 Å². The Kier molecular flexibility index (Phi) is 7.76. The van der Waals surface area contributed by atoms with Crippen molar-refractivity contribution < 1.29 is 9.53 Å². The van der Waals surface area contributed by atoms with E-state index < -0.39 is 0 Å². The van der Waals surface area contributed by atoms with Gasteiger partial charge in [-0.05, 0) is 45.6 Å². The van der Waals surface area contributed by atoms with Crippen LogP contribution < -0.4 is 5.56 Å². The standard InChI is InChI=1S/C22H31N3O3S2/c1-6-17-15(5)30-20-19(17)21(27)25(12-16-9-8-10-28-16)22(23-20)29-13-18(26)24(7-2)11-14(3)4/h16H,3,6-13H2,1-2,4-5H3. The number of hydrogen-bond acceptors (Lipinski definition) is 6. The van der Waals surface area contributed by atoms with Crippen LogP contribution in [0, 0.1) is 6.92 Å². The van der Waals surface area contributed by atoms with Crippen LogP contribution in [0.25, 0.3) is 10.2 Å². The van der Waals surface area contributed by atoms with Gasteiger partial charge in [-0.1, -0.05) is 30.8 Å². The van der Waals surface area contributed by atoms with E-state index in [1.165, 1.54) is 11.8 Å². The molecule has 0 saturated carbocycles. The lowest BCUT2D eigenvalue weighted by Gasteiger charge is -2.21. The van der Waals surface area contributed by atoms with Gasteiger partial charge in [0.25, 0.3) is 5.56 Å². The lowest BCUT2D eigenvalue weighted by atomic mass is 10.1. The summed E-state index contributed by atoms with van der Waals surface area (Å²) in [5, 5.41) is 1.33. The zero-order valence-corrected chi connectivity index (χ0v) is 20.0. The number of carbonyl (C=O) groups excluding carboxylic acids is 1. The minimum absolute atomic E-state index is 0.0130. The Morgan fingerprint density at radius 1 is 1.43 bits per heavy atom. The highest BCUT2D eigenvalue weighted by molar-refractivity contribution is 7.99. The van der Waals surface area contributed by atoms with Crippen LogP contribution in [0.5, 0.6) is 0 Å². The van der Waals surface area contributed by atoms with Crippen molar-refractivity contribution in [3.05, 3.63) is 32.9 Å². The normalized spacial score (nSPS) is 16.3. The second-order valence-electron chi connectivity index (χ2n) is 7.77. The quantitative estimate of drug-likeness (QED) is 0.329. The van der Waals surface area contributed by atoms with E-state index in [0.717, 1.165) is 52.1 Å². The fourth-order valence-corrected chi connectivity index (χ4v) is 5.91. The Labute approximate surface area is 186 Å². The van der Waals surface area contributed by atoms with Crippen LogP contribution >= 0.6 is 23.1 Å².